The third kappa shape index (κ3) is 8.38. The number of methoxy groups -OCH3 is 1. The van der Waals surface area contributed by atoms with Crippen molar-refractivity contribution in [3.63, 3.8) is 0 Å². The molecule has 0 aliphatic heterocycles. The Morgan fingerprint density at radius 1 is 0.362 bits per heavy atom. The highest BCUT2D eigenvalue weighted by Crippen LogP contribution is 2.42. The van der Waals surface area contributed by atoms with E-state index in [1.165, 1.54) is 0 Å². The van der Waals surface area contributed by atoms with Crippen molar-refractivity contribution in [1.82, 2.24) is 0 Å². The second kappa shape index (κ2) is 16.2. The van der Waals surface area contributed by atoms with Crippen LogP contribution in [0.2, 0.25) is 0 Å². The van der Waals surface area contributed by atoms with Gasteiger partial charge in [-0.15, -0.1) is 0 Å². The molecule has 58 heavy (non-hydrogen) atoms. The summed E-state index contributed by atoms with van der Waals surface area (Å²) in [6.45, 7) is 19.8. The number of benzene rings is 6. The molecule has 0 aliphatic rings. The molecular weight excluding hydrogens is 721 g/mol. The molecule has 0 spiro atoms. The normalized spacial score (nSPS) is 11.6. The van der Waals surface area contributed by atoms with E-state index in [1.807, 2.05) is 91.8 Å². The van der Waals surface area contributed by atoms with E-state index in [4.69, 9.17) is 4.74 Å². The minimum Gasteiger partial charge on any atom is -0.507 e. The van der Waals surface area contributed by atoms with Crippen molar-refractivity contribution in [2.45, 2.75) is 100 Å². The Morgan fingerprint density at radius 2 is 0.586 bits per heavy atom. The third-order valence-electron chi connectivity index (χ3n) is 11.9. The molecule has 0 heterocycles. The minimum atomic E-state index is -0.595. The fourth-order valence-corrected chi connectivity index (χ4v) is 8.73. The Morgan fingerprint density at radius 3 is 0.810 bits per heavy atom. The van der Waals surface area contributed by atoms with Crippen LogP contribution in [0.15, 0.2) is 72.8 Å². The lowest BCUT2D eigenvalue weighted by atomic mass is 9.74. The number of rotatable bonds is 11. The van der Waals surface area contributed by atoms with Gasteiger partial charge in [0.05, 0.1) is 7.11 Å². The molecule has 0 unspecified atom stereocenters. The first-order valence-electron chi connectivity index (χ1n) is 20.0. The lowest BCUT2D eigenvalue weighted by Gasteiger charge is -2.30. The molecule has 0 bridgehead atoms. The van der Waals surface area contributed by atoms with Crippen LogP contribution in [0.4, 0.5) is 0 Å². The standard InChI is InChI=1S/C52H58O6/c1-28-12-36(13-29(2)46(28)53)20-40-24-44(25-41(49(40)56)21-37-14-30(3)47(54)31(4)15-37)52(9,10)45-26-42(22-38-16-32(5)48(55)33(6)17-38)50(57)43(27-45)23-39-18-34(7)51(58-11)35(8)19-39/h12-19,24-27,53-57H,20-23H2,1-11H3. The fraction of sp³-hybridized carbons (Fsp3) is 0.308. The molecule has 302 valence electrons. The average Bonchev–Trinajstić information content (AvgIpc) is 3.14. The molecule has 6 nitrogen and oxygen atoms in total. The highest BCUT2D eigenvalue weighted by atomic mass is 16.5. The molecule has 0 saturated carbocycles. The Kier molecular flexibility index (Phi) is 11.6. The van der Waals surface area contributed by atoms with Crippen LogP contribution in [0.5, 0.6) is 34.5 Å². The predicted molar refractivity (Wildman–Crippen MR) is 235 cm³/mol. The fourth-order valence-electron chi connectivity index (χ4n) is 8.73. The largest absolute Gasteiger partial charge is 0.507 e. The Hall–Kier alpha value is -5.88. The maximum atomic E-state index is 12.0. The molecule has 6 heteroatoms. The van der Waals surface area contributed by atoms with Crippen LogP contribution in [0, 0.1) is 55.4 Å². The zero-order valence-corrected chi connectivity index (χ0v) is 35.9. The quantitative estimate of drug-likeness (QED) is 0.0896. The van der Waals surface area contributed by atoms with Gasteiger partial charge >= 0.3 is 0 Å². The van der Waals surface area contributed by atoms with Crippen molar-refractivity contribution in [1.29, 1.82) is 0 Å². The maximum absolute atomic E-state index is 12.0. The number of ether oxygens (including phenoxy) is 1. The molecule has 0 saturated heterocycles. The van der Waals surface area contributed by atoms with E-state index in [2.05, 4.69) is 50.2 Å². The number of aryl methyl sites for hydroxylation is 8. The Labute approximate surface area is 344 Å². The zero-order valence-electron chi connectivity index (χ0n) is 35.9. The predicted octanol–water partition coefficient (Wildman–Crippen LogP) is 11.4. The van der Waals surface area contributed by atoms with Crippen LogP contribution >= 0.6 is 0 Å². The molecule has 6 rings (SSSR count). The number of hydrogen-bond donors (Lipinski definition) is 5. The first kappa shape index (κ1) is 41.7. The summed E-state index contributed by atoms with van der Waals surface area (Å²) in [4.78, 5) is 0. The van der Waals surface area contributed by atoms with Crippen LogP contribution in [0.25, 0.3) is 0 Å². The third-order valence-corrected chi connectivity index (χ3v) is 11.9. The lowest BCUT2D eigenvalue weighted by molar-refractivity contribution is 0.408. The van der Waals surface area contributed by atoms with Gasteiger partial charge in [0.1, 0.15) is 34.5 Å². The highest BCUT2D eigenvalue weighted by molar-refractivity contribution is 5.57. The van der Waals surface area contributed by atoms with Gasteiger partial charge < -0.3 is 30.3 Å². The van der Waals surface area contributed by atoms with Crippen LogP contribution < -0.4 is 4.74 Å². The van der Waals surface area contributed by atoms with Crippen LogP contribution in [-0.2, 0) is 31.1 Å². The topological polar surface area (TPSA) is 110 Å². The molecule has 0 amide bonds. The summed E-state index contributed by atoms with van der Waals surface area (Å²) in [6.07, 6.45) is 1.89. The minimum absolute atomic E-state index is 0.224. The van der Waals surface area contributed by atoms with Crippen molar-refractivity contribution in [2.75, 3.05) is 7.11 Å². The van der Waals surface area contributed by atoms with Gasteiger partial charge in [0.15, 0.2) is 0 Å². The second-order valence-corrected chi connectivity index (χ2v) is 17.1. The number of hydrogen-bond acceptors (Lipinski definition) is 6. The smallest absolute Gasteiger partial charge is 0.124 e. The van der Waals surface area contributed by atoms with E-state index in [0.29, 0.717) is 25.7 Å². The molecule has 0 radical (unpaired) electrons. The van der Waals surface area contributed by atoms with E-state index in [9.17, 15) is 25.5 Å². The highest BCUT2D eigenvalue weighted by Gasteiger charge is 2.29. The molecule has 6 aromatic rings. The SMILES string of the molecule is COc1c(C)cc(Cc2cc(C(C)(C)c3cc(Cc4cc(C)c(O)c(C)c4)c(O)c(Cc4cc(C)c(O)c(C)c4)c3)cc(Cc3cc(C)c(O)c(C)c3)c2O)cc1C. The zero-order chi connectivity index (χ0) is 42.4. The first-order valence-corrected chi connectivity index (χ1v) is 20.0. The van der Waals surface area contributed by atoms with Crippen molar-refractivity contribution in [3.05, 3.63) is 173 Å². The van der Waals surface area contributed by atoms with E-state index in [0.717, 1.165) is 106 Å². The first-order chi connectivity index (χ1) is 27.3. The molecule has 0 atom stereocenters. The maximum Gasteiger partial charge on any atom is 0.124 e. The van der Waals surface area contributed by atoms with Crippen molar-refractivity contribution >= 4 is 0 Å². The number of phenolic OH excluding ortho intramolecular Hbond substituents is 5. The lowest BCUT2D eigenvalue weighted by Crippen LogP contribution is -2.21. The number of aromatic hydroxyl groups is 5. The molecule has 6 aromatic carbocycles. The van der Waals surface area contributed by atoms with Gasteiger partial charge in [0.25, 0.3) is 0 Å². The van der Waals surface area contributed by atoms with Gasteiger partial charge in [-0.2, -0.15) is 0 Å². The van der Waals surface area contributed by atoms with Crippen LogP contribution in [0.3, 0.4) is 0 Å². The van der Waals surface area contributed by atoms with Crippen molar-refractivity contribution < 1.29 is 30.3 Å². The van der Waals surface area contributed by atoms with Crippen molar-refractivity contribution in [3.8, 4) is 34.5 Å². The van der Waals surface area contributed by atoms with Crippen LogP contribution in [-0.4, -0.2) is 32.6 Å². The monoisotopic (exact) mass is 778 g/mol. The average molecular weight is 779 g/mol. The van der Waals surface area contributed by atoms with Crippen LogP contribution in [0.1, 0.15) is 114 Å². The summed E-state index contributed by atoms with van der Waals surface area (Å²) in [5.74, 6) is 2.16. The summed E-state index contributed by atoms with van der Waals surface area (Å²) in [5.41, 5.74) is 15.4. The summed E-state index contributed by atoms with van der Waals surface area (Å²) in [7, 11) is 1.69. The van der Waals surface area contributed by atoms with E-state index in [1.54, 1.807) is 7.11 Å². The molecule has 0 aliphatic carbocycles. The number of phenols is 5. The van der Waals surface area contributed by atoms with Gasteiger partial charge in [-0.1, -0.05) is 86.6 Å². The summed E-state index contributed by atoms with van der Waals surface area (Å²) >= 11 is 0. The molecule has 0 fully saturated rings. The van der Waals surface area contributed by atoms with Gasteiger partial charge in [-0.05, 0) is 156 Å². The Bertz CT molecular complexity index is 2380. The summed E-state index contributed by atoms with van der Waals surface area (Å²) < 4.78 is 5.66. The summed E-state index contributed by atoms with van der Waals surface area (Å²) in [6, 6.07) is 24.5. The molecule has 5 N–H and O–H groups in total. The van der Waals surface area contributed by atoms with E-state index in [-0.39, 0.29) is 28.7 Å². The van der Waals surface area contributed by atoms with E-state index >= 15 is 0 Å². The van der Waals surface area contributed by atoms with Gasteiger partial charge in [0.2, 0.25) is 0 Å². The molecular formula is C52H58O6. The van der Waals surface area contributed by atoms with Gasteiger partial charge in [-0.25, -0.2) is 0 Å². The summed E-state index contributed by atoms with van der Waals surface area (Å²) in [5, 5.41) is 55.7. The van der Waals surface area contributed by atoms with E-state index < -0.39 is 5.41 Å². The van der Waals surface area contributed by atoms with Gasteiger partial charge in [-0.3, -0.25) is 0 Å². The van der Waals surface area contributed by atoms with Gasteiger partial charge in [0, 0.05) is 31.1 Å². The molecule has 0 aromatic heterocycles. The second-order valence-electron chi connectivity index (χ2n) is 17.1. The Balaban J connectivity index is 1.53. The van der Waals surface area contributed by atoms with Crippen molar-refractivity contribution in [2.24, 2.45) is 0 Å².